The van der Waals surface area contributed by atoms with Gasteiger partial charge in [0.25, 0.3) is 0 Å². The van der Waals surface area contributed by atoms with E-state index in [0.29, 0.717) is 11.3 Å². The fraction of sp³-hybridized carbons (Fsp3) is 0.286. The number of benzene rings is 1. The Labute approximate surface area is 121 Å². The van der Waals surface area contributed by atoms with Gasteiger partial charge in [-0.05, 0) is 17.7 Å². The zero-order valence-electron chi connectivity index (χ0n) is 11.4. The number of ether oxygens (including phenoxy) is 1. The minimum absolute atomic E-state index is 0.0259. The molecule has 0 saturated carbocycles. The lowest BCUT2D eigenvalue weighted by atomic mass is 10.1. The Bertz CT molecular complexity index is 610. The molecule has 0 amide bonds. The largest absolute Gasteiger partial charge is 0.465 e. The summed E-state index contributed by atoms with van der Waals surface area (Å²) < 4.78 is 6.56. The maximum absolute atomic E-state index is 11.5. The van der Waals surface area contributed by atoms with Gasteiger partial charge in [0.2, 0.25) is 0 Å². The van der Waals surface area contributed by atoms with E-state index in [9.17, 15) is 4.79 Å². The third-order valence-electron chi connectivity index (χ3n) is 2.92. The Morgan fingerprint density at radius 2 is 2.30 bits per heavy atom. The van der Waals surface area contributed by atoms with E-state index in [1.807, 2.05) is 29.8 Å². The van der Waals surface area contributed by atoms with Gasteiger partial charge in [-0.1, -0.05) is 23.9 Å². The van der Waals surface area contributed by atoms with E-state index in [1.165, 1.54) is 7.11 Å². The summed E-state index contributed by atoms with van der Waals surface area (Å²) in [4.78, 5) is 15.7. The van der Waals surface area contributed by atoms with E-state index in [0.717, 1.165) is 16.4 Å². The number of carbonyl (C=O) groups excluding carboxylic acids is 1. The molecule has 0 atom stereocenters. The van der Waals surface area contributed by atoms with Crippen LogP contribution in [-0.2, 0) is 24.1 Å². The van der Waals surface area contributed by atoms with E-state index in [1.54, 1.807) is 24.0 Å². The highest BCUT2D eigenvalue weighted by Gasteiger charge is 2.08. The van der Waals surface area contributed by atoms with Crippen LogP contribution in [0.1, 0.15) is 21.6 Å². The molecule has 0 aliphatic carbocycles. The summed E-state index contributed by atoms with van der Waals surface area (Å²) in [6, 6.07) is 7.33. The number of nitrogens with zero attached hydrogens (tertiary/aromatic N) is 2. The van der Waals surface area contributed by atoms with Crippen molar-refractivity contribution in [3.63, 3.8) is 0 Å². The normalized spacial score (nSPS) is 10.6. The van der Waals surface area contributed by atoms with Gasteiger partial charge >= 0.3 is 5.97 Å². The maximum Gasteiger partial charge on any atom is 0.337 e. The highest BCUT2D eigenvalue weighted by atomic mass is 32.2. The number of hydrogen-bond donors (Lipinski definition) is 1. The highest BCUT2D eigenvalue weighted by Crippen LogP contribution is 2.22. The average molecular weight is 292 g/mol. The van der Waals surface area contributed by atoms with E-state index < -0.39 is 0 Å². The van der Waals surface area contributed by atoms with E-state index in [2.05, 4.69) is 4.98 Å². The van der Waals surface area contributed by atoms with Gasteiger partial charge in [0.05, 0.1) is 31.2 Å². The highest BCUT2D eigenvalue weighted by molar-refractivity contribution is 7.98. The van der Waals surface area contributed by atoms with Gasteiger partial charge < -0.3 is 14.4 Å². The second-order valence-electron chi connectivity index (χ2n) is 4.23. The first kappa shape index (κ1) is 14.6. The van der Waals surface area contributed by atoms with Crippen LogP contribution < -0.4 is 0 Å². The van der Waals surface area contributed by atoms with E-state index >= 15 is 0 Å². The number of carbonyl (C=O) groups is 1. The van der Waals surface area contributed by atoms with Gasteiger partial charge in [-0.3, -0.25) is 0 Å². The lowest BCUT2D eigenvalue weighted by Gasteiger charge is -2.05. The van der Waals surface area contributed by atoms with Crippen molar-refractivity contribution in [2.24, 2.45) is 7.05 Å². The molecule has 106 valence electrons. The first-order valence-electron chi connectivity index (χ1n) is 6.07. The Morgan fingerprint density at radius 1 is 1.50 bits per heavy atom. The summed E-state index contributed by atoms with van der Waals surface area (Å²) in [5, 5.41) is 9.95. The summed E-state index contributed by atoms with van der Waals surface area (Å²) in [7, 11) is 3.24. The van der Waals surface area contributed by atoms with Crippen molar-refractivity contribution in [1.82, 2.24) is 9.55 Å². The molecule has 2 rings (SSSR count). The lowest BCUT2D eigenvalue weighted by Crippen LogP contribution is -2.01. The molecule has 0 radical (unpaired) electrons. The number of esters is 1. The molecule has 1 aromatic heterocycles. The molecule has 0 saturated heterocycles. The summed E-state index contributed by atoms with van der Waals surface area (Å²) in [6.07, 6.45) is 1.66. The molecule has 0 unspecified atom stereocenters. The first-order chi connectivity index (χ1) is 9.65. The molecule has 1 heterocycles. The molecule has 5 nitrogen and oxygen atoms in total. The van der Waals surface area contributed by atoms with Gasteiger partial charge in [0.15, 0.2) is 5.16 Å². The van der Waals surface area contributed by atoms with Crippen LogP contribution in [0, 0.1) is 0 Å². The smallest absolute Gasteiger partial charge is 0.337 e. The Morgan fingerprint density at radius 3 is 2.95 bits per heavy atom. The Hall–Kier alpha value is -1.79. The lowest BCUT2D eigenvalue weighted by molar-refractivity contribution is 0.0600. The molecule has 0 spiro atoms. The van der Waals surface area contributed by atoms with Crippen LogP contribution in [0.15, 0.2) is 35.6 Å². The predicted octanol–water partition coefficient (Wildman–Crippen LogP) is 1.99. The van der Waals surface area contributed by atoms with Crippen LogP contribution in [0.2, 0.25) is 0 Å². The van der Waals surface area contributed by atoms with Crippen LogP contribution in [0.3, 0.4) is 0 Å². The molecular weight excluding hydrogens is 276 g/mol. The molecule has 0 fully saturated rings. The van der Waals surface area contributed by atoms with Crippen LogP contribution in [-0.4, -0.2) is 27.7 Å². The number of rotatable bonds is 5. The van der Waals surface area contributed by atoms with Gasteiger partial charge in [0.1, 0.15) is 0 Å². The molecule has 1 N–H and O–H groups in total. The number of hydrogen-bond acceptors (Lipinski definition) is 5. The number of aliphatic hydroxyl groups excluding tert-OH is 1. The van der Waals surface area contributed by atoms with E-state index in [-0.39, 0.29) is 12.6 Å². The van der Waals surface area contributed by atoms with Gasteiger partial charge in [-0.25, -0.2) is 9.78 Å². The average Bonchev–Trinajstić information content (AvgIpc) is 2.85. The maximum atomic E-state index is 11.5. The Balaban J connectivity index is 2.07. The number of thioether (sulfide) groups is 1. The minimum atomic E-state index is -0.337. The number of aliphatic hydroxyl groups is 1. The zero-order valence-corrected chi connectivity index (χ0v) is 12.2. The third kappa shape index (κ3) is 3.20. The van der Waals surface area contributed by atoms with Gasteiger partial charge in [-0.2, -0.15) is 0 Å². The quantitative estimate of drug-likeness (QED) is 0.674. The van der Waals surface area contributed by atoms with E-state index in [4.69, 9.17) is 9.84 Å². The molecule has 2 aromatic rings. The fourth-order valence-corrected chi connectivity index (χ4v) is 2.67. The summed E-state index contributed by atoms with van der Waals surface area (Å²) in [6.45, 7) is -0.0259. The van der Waals surface area contributed by atoms with Crippen LogP contribution in [0.4, 0.5) is 0 Å². The fourth-order valence-electron chi connectivity index (χ4n) is 1.76. The monoisotopic (exact) mass is 292 g/mol. The first-order valence-corrected chi connectivity index (χ1v) is 7.05. The molecular formula is C14H16N2O3S. The summed E-state index contributed by atoms with van der Waals surface area (Å²) in [5.41, 5.74) is 2.34. The topological polar surface area (TPSA) is 64.3 Å². The summed E-state index contributed by atoms with van der Waals surface area (Å²) >= 11 is 1.55. The molecule has 0 aliphatic rings. The molecule has 0 bridgehead atoms. The van der Waals surface area contributed by atoms with Crippen molar-refractivity contribution >= 4 is 17.7 Å². The molecule has 6 heteroatoms. The number of methoxy groups -OCH3 is 1. The van der Waals surface area contributed by atoms with Crippen molar-refractivity contribution in [2.75, 3.05) is 7.11 Å². The number of imidazole rings is 1. The van der Waals surface area contributed by atoms with Crippen LogP contribution >= 0.6 is 11.8 Å². The summed E-state index contributed by atoms with van der Waals surface area (Å²) in [5.74, 6) is 0.358. The third-order valence-corrected chi connectivity index (χ3v) is 4.03. The van der Waals surface area contributed by atoms with Crippen LogP contribution in [0.5, 0.6) is 0 Å². The zero-order chi connectivity index (χ0) is 14.5. The van der Waals surface area contributed by atoms with Crippen molar-refractivity contribution in [3.05, 3.63) is 47.3 Å². The van der Waals surface area contributed by atoms with Crippen molar-refractivity contribution in [2.45, 2.75) is 17.5 Å². The second kappa shape index (κ2) is 6.58. The SMILES string of the molecule is COC(=O)c1cccc(CSc2ncc(CO)n2C)c1. The van der Waals surface area contributed by atoms with Crippen LogP contribution in [0.25, 0.3) is 0 Å². The second-order valence-corrected chi connectivity index (χ2v) is 5.17. The molecule has 20 heavy (non-hydrogen) atoms. The van der Waals surface area contributed by atoms with Crippen molar-refractivity contribution < 1.29 is 14.6 Å². The molecule has 0 aliphatic heterocycles. The number of aromatic nitrogens is 2. The standard InChI is InChI=1S/C14H16N2O3S/c1-16-12(8-17)7-15-14(16)20-9-10-4-3-5-11(6-10)13(18)19-2/h3-7,17H,8-9H2,1-2H3. The Kier molecular flexibility index (Phi) is 4.81. The molecule has 1 aromatic carbocycles. The van der Waals surface area contributed by atoms with Gasteiger partial charge in [0, 0.05) is 12.8 Å². The van der Waals surface area contributed by atoms with Gasteiger partial charge in [-0.15, -0.1) is 0 Å². The van der Waals surface area contributed by atoms with Crippen molar-refractivity contribution in [3.8, 4) is 0 Å². The minimum Gasteiger partial charge on any atom is -0.465 e. The van der Waals surface area contributed by atoms with Crippen molar-refractivity contribution in [1.29, 1.82) is 0 Å². The predicted molar refractivity (Wildman–Crippen MR) is 76.5 cm³/mol.